The van der Waals surface area contributed by atoms with E-state index in [0.717, 1.165) is 13.2 Å². The normalized spacial score (nSPS) is 29.5. The summed E-state index contributed by atoms with van der Waals surface area (Å²) in [5.41, 5.74) is 0. The van der Waals surface area contributed by atoms with Gasteiger partial charge in [-0.05, 0) is 19.3 Å². The predicted molar refractivity (Wildman–Crippen MR) is 48.3 cm³/mol. The van der Waals surface area contributed by atoms with Crippen molar-refractivity contribution < 1.29 is 9.47 Å². The first-order valence-electron chi connectivity index (χ1n) is 4.63. The molecule has 0 spiro atoms. The summed E-state index contributed by atoms with van der Waals surface area (Å²) in [5.74, 6) is 0. The molecule has 2 atom stereocenters. The van der Waals surface area contributed by atoms with Crippen LogP contribution in [0.25, 0.3) is 0 Å². The van der Waals surface area contributed by atoms with Crippen molar-refractivity contribution in [1.29, 1.82) is 0 Å². The van der Waals surface area contributed by atoms with Crippen molar-refractivity contribution >= 4 is 0 Å². The fourth-order valence-corrected chi connectivity index (χ4v) is 1.79. The molecule has 0 radical (unpaired) electrons. The third-order valence-corrected chi connectivity index (χ3v) is 2.47. The van der Waals surface area contributed by atoms with Crippen LogP contribution in [0.4, 0.5) is 0 Å². The number of methoxy groups -OCH3 is 2. The summed E-state index contributed by atoms with van der Waals surface area (Å²) in [5, 5.41) is 3.43. The van der Waals surface area contributed by atoms with Crippen LogP contribution in [-0.4, -0.2) is 39.5 Å². The van der Waals surface area contributed by atoms with Crippen molar-refractivity contribution in [3.63, 3.8) is 0 Å². The van der Waals surface area contributed by atoms with Gasteiger partial charge in [0.15, 0.2) is 0 Å². The maximum Gasteiger partial charge on any atom is 0.0724 e. The first-order chi connectivity index (χ1) is 5.88. The van der Waals surface area contributed by atoms with Gasteiger partial charge in [-0.3, -0.25) is 0 Å². The Kier molecular flexibility index (Phi) is 4.58. The molecular weight excluding hydrogens is 154 g/mol. The van der Waals surface area contributed by atoms with Gasteiger partial charge in [0.2, 0.25) is 0 Å². The largest absolute Gasteiger partial charge is 0.383 e. The van der Waals surface area contributed by atoms with Gasteiger partial charge in [0.05, 0.1) is 12.7 Å². The molecule has 12 heavy (non-hydrogen) atoms. The van der Waals surface area contributed by atoms with Crippen molar-refractivity contribution in [3.05, 3.63) is 0 Å². The molecule has 0 aromatic heterocycles. The lowest BCUT2D eigenvalue weighted by Crippen LogP contribution is -2.38. The molecule has 0 bridgehead atoms. The Labute approximate surface area is 74.4 Å². The lowest BCUT2D eigenvalue weighted by atomic mass is 10.2. The van der Waals surface area contributed by atoms with Gasteiger partial charge in [-0.1, -0.05) is 0 Å². The topological polar surface area (TPSA) is 30.5 Å². The molecule has 0 amide bonds. The second kappa shape index (κ2) is 5.51. The van der Waals surface area contributed by atoms with E-state index in [1.807, 2.05) is 0 Å². The molecule has 72 valence electrons. The number of rotatable bonds is 5. The maximum atomic E-state index is 5.35. The first-order valence-corrected chi connectivity index (χ1v) is 4.63. The van der Waals surface area contributed by atoms with Gasteiger partial charge in [-0.25, -0.2) is 0 Å². The standard InChI is InChI=1S/C9H19NO2/c1-11-7-6-10-8-4-3-5-9(8)12-2/h8-10H,3-7H2,1-2H3. The zero-order valence-corrected chi connectivity index (χ0v) is 8.01. The molecule has 1 saturated carbocycles. The van der Waals surface area contributed by atoms with Crippen LogP contribution in [0, 0.1) is 0 Å². The van der Waals surface area contributed by atoms with Crippen molar-refractivity contribution in [1.82, 2.24) is 5.32 Å². The highest BCUT2D eigenvalue weighted by Gasteiger charge is 2.25. The second-order valence-electron chi connectivity index (χ2n) is 3.26. The molecule has 1 rings (SSSR count). The van der Waals surface area contributed by atoms with Gasteiger partial charge in [0, 0.05) is 26.8 Å². The van der Waals surface area contributed by atoms with Gasteiger partial charge in [-0.15, -0.1) is 0 Å². The minimum absolute atomic E-state index is 0.418. The van der Waals surface area contributed by atoms with Crippen molar-refractivity contribution in [2.75, 3.05) is 27.4 Å². The Hall–Kier alpha value is -0.120. The average molecular weight is 173 g/mol. The number of nitrogens with one attached hydrogen (secondary N) is 1. The zero-order valence-electron chi connectivity index (χ0n) is 8.01. The maximum absolute atomic E-state index is 5.35. The molecule has 1 fully saturated rings. The number of hydrogen-bond acceptors (Lipinski definition) is 3. The molecule has 1 N–H and O–H groups in total. The van der Waals surface area contributed by atoms with E-state index in [-0.39, 0.29) is 0 Å². The van der Waals surface area contributed by atoms with Crippen LogP contribution in [0.3, 0.4) is 0 Å². The monoisotopic (exact) mass is 173 g/mol. The molecule has 2 unspecified atom stereocenters. The molecule has 0 aromatic carbocycles. The summed E-state index contributed by atoms with van der Waals surface area (Å²) in [6.45, 7) is 1.72. The summed E-state index contributed by atoms with van der Waals surface area (Å²) >= 11 is 0. The Morgan fingerprint density at radius 1 is 1.33 bits per heavy atom. The van der Waals surface area contributed by atoms with Crippen LogP contribution in [0.15, 0.2) is 0 Å². The van der Waals surface area contributed by atoms with E-state index in [1.165, 1.54) is 19.3 Å². The molecule has 1 aliphatic carbocycles. The predicted octanol–water partition coefficient (Wildman–Crippen LogP) is 0.790. The Balaban J connectivity index is 2.12. The highest BCUT2D eigenvalue weighted by Crippen LogP contribution is 2.20. The summed E-state index contributed by atoms with van der Waals surface area (Å²) in [4.78, 5) is 0. The average Bonchev–Trinajstić information content (AvgIpc) is 2.52. The van der Waals surface area contributed by atoms with Crippen LogP contribution in [0.1, 0.15) is 19.3 Å². The summed E-state index contributed by atoms with van der Waals surface area (Å²) in [7, 11) is 3.52. The quantitative estimate of drug-likeness (QED) is 0.623. The van der Waals surface area contributed by atoms with Crippen LogP contribution in [-0.2, 0) is 9.47 Å². The van der Waals surface area contributed by atoms with Gasteiger partial charge in [-0.2, -0.15) is 0 Å². The zero-order chi connectivity index (χ0) is 8.81. The van der Waals surface area contributed by atoms with E-state index in [0.29, 0.717) is 12.1 Å². The molecular formula is C9H19NO2. The molecule has 3 nitrogen and oxygen atoms in total. The molecule has 3 heteroatoms. The Morgan fingerprint density at radius 2 is 2.17 bits per heavy atom. The van der Waals surface area contributed by atoms with Gasteiger partial charge < -0.3 is 14.8 Å². The third-order valence-electron chi connectivity index (χ3n) is 2.47. The van der Waals surface area contributed by atoms with Gasteiger partial charge in [0.25, 0.3) is 0 Å². The van der Waals surface area contributed by atoms with Crippen molar-refractivity contribution in [2.24, 2.45) is 0 Å². The van der Waals surface area contributed by atoms with E-state index in [9.17, 15) is 0 Å². The fourth-order valence-electron chi connectivity index (χ4n) is 1.79. The lowest BCUT2D eigenvalue weighted by Gasteiger charge is -2.19. The van der Waals surface area contributed by atoms with Crippen molar-refractivity contribution in [2.45, 2.75) is 31.4 Å². The van der Waals surface area contributed by atoms with E-state index < -0.39 is 0 Å². The third kappa shape index (κ3) is 2.73. The van der Waals surface area contributed by atoms with E-state index in [2.05, 4.69) is 5.32 Å². The van der Waals surface area contributed by atoms with Crippen LogP contribution >= 0.6 is 0 Å². The van der Waals surface area contributed by atoms with Crippen LogP contribution in [0.2, 0.25) is 0 Å². The van der Waals surface area contributed by atoms with Gasteiger partial charge in [0.1, 0.15) is 0 Å². The smallest absolute Gasteiger partial charge is 0.0724 e. The first kappa shape index (κ1) is 9.96. The van der Waals surface area contributed by atoms with Gasteiger partial charge >= 0.3 is 0 Å². The molecule has 1 aliphatic rings. The van der Waals surface area contributed by atoms with E-state index >= 15 is 0 Å². The van der Waals surface area contributed by atoms with E-state index in [4.69, 9.17) is 9.47 Å². The van der Waals surface area contributed by atoms with Crippen LogP contribution in [0.5, 0.6) is 0 Å². The highest BCUT2D eigenvalue weighted by molar-refractivity contribution is 4.83. The molecule has 0 aliphatic heterocycles. The minimum atomic E-state index is 0.418. The summed E-state index contributed by atoms with van der Waals surface area (Å²) in [6.07, 6.45) is 4.13. The highest BCUT2D eigenvalue weighted by atomic mass is 16.5. The number of hydrogen-bond donors (Lipinski definition) is 1. The van der Waals surface area contributed by atoms with Crippen LogP contribution < -0.4 is 5.32 Å². The van der Waals surface area contributed by atoms with Crippen molar-refractivity contribution in [3.8, 4) is 0 Å². The molecule has 0 saturated heterocycles. The SMILES string of the molecule is COCCNC1CCCC1OC. The number of ether oxygens (including phenoxy) is 2. The molecule has 0 heterocycles. The Morgan fingerprint density at radius 3 is 2.83 bits per heavy atom. The van der Waals surface area contributed by atoms with E-state index in [1.54, 1.807) is 14.2 Å². The minimum Gasteiger partial charge on any atom is -0.383 e. The Bertz CT molecular complexity index is 119. The molecule has 0 aromatic rings. The summed E-state index contributed by atoms with van der Waals surface area (Å²) < 4.78 is 10.3. The second-order valence-corrected chi connectivity index (χ2v) is 3.26. The fraction of sp³-hybridized carbons (Fsp3) is 1.00. The summed E-state index contributed by atoms with van der Waals surface area (Å²) in [6, 6.07) is 0.546. The lowest BCUT2D eigenvalue weighted by molar-refractivity contribution is 0.0819.